The van der Waals surface area contributed by atoms with Gasteiger partial charge in [-0.3, -0.25) is 4.79 Å². The van der Waals surface area contributed by atoms with Crippen molar-refractivity contribution in [2.45, 2.75) is 33.1 Å². The van der Waals surface area contributed by atoms with Gasteiger partial charge < -0.3 is 10.6 Å². The molecule has 2 rings (SSSR count). The number of hydrogen-bond acceptors (Lipinski definition) is 2. The number of rotatable bonds is 5. The van der Waals surface area contributed by atoms with Gasteiger partial charge in [-0.15, -0.1) is 0 Å². The lowest BCUT2D eigenvalue weighted by molar-refractivity contribution is -0.119. The summed E-state index contributed by atoms with van der Waals surface area (Å²) in [5, 5.41) is 6.88. The van der Waals surface area contributed by atoms with Crippen molar-refractivity contribution in [3.63, 3.8) is 0 Å². The maximum Gasteiger partial charge on any atom is 0.226 e. The van der Waals surface area contributed by atoms with Crippen LogP contribution in [0, 0.1) is 6.92 Å². The van der Waals surface area contributed by atoms with Crippen LogP contribution in [-0.4, -0.2) is 11.0 Å². The molecule has 0 atom stereocenters. The zero-order chi connectivity index (χ0) is 17.5. The quantitative estimate of drug-likeness (QED) is 0.762. The van der Waals surface area contributed by atoms with E-state index in [4.69, 9.17) is 23.8 Å². The van der Waals surface area contributed by atoms with E-state index in [1.165, 1.54) is 5.56 Å². The van der Waals surface area contributed by atoms with Crippen LogP contribution in [0.25, 0.3) is 0 Å². The molecule has 0 spiro atoms. The minimum absolute atomic E-state index is 0.126. The van der Waals surface area contributed by atoms with Gasteiger partial charge >= 0.3 is 0 Å². The third-order valence-corrected chi connectivity index (χ3v) is 4.38. The molecule has 2 aromatic carbocycles. The molecular formula is C19H21ClN2OS. The normalized spacial score (nSPS) is 10.3. The second-order valence-electron chi connectivity index (χ2n) is 5.56. The number of thiocarbonyl (C=S) groups is 1. The molecule has 24 heavy (non-hydrogen) atoms. The number of amides is 1. The van der Waals surface area contributed by atoms with E-state index in [1.807, 2.05) is 43.3 Å². The van der Waals surface area contributed by atoms with E-state index in [2.05, 4.69) is 23.6 Å². The molecule has 0 aliphatic carbocycles. The van der Waals surface area contributed by atoms with Gasteiger partial charge in [0.25, 0.3) is 0 Å². The minimum atomic E-state index is -0.126. The fourth-order valence-electron chi connectivity index (χ4n) is 2.49. The van der Waals surface area contributed by atoms with Gasteiger partial charge in [0.2, 0.25) is 5.91 Å². The Bertz CT molecular complexity index is 746. The van der Waals surface area contributed by atoms with Crippen LogP contribution in [0.5, 0.6) is 0 Å². The monoisotopic (exact) mass is 360 g/mol. The highest BCUT2D eigenvalue weighted by Crippen LogP contribution is 2.21. The fourth-order valence-corrected chi connectivity index (χ4v) is 2.93. The Labute approximate surface area is 153 Å². The largest absolute Gasteiger partial charge is 0.332 e. The number of carbonyl (C=O) groups excluding carboxylic acids is 1. The Morgan fingerprint density at radius 1 is 1.12 bits per heavy atom. The van der Waals surface area contributed by atoms with E-state index >= 15 is 0 Å². The molecule has 0 saturated carbocycles. The number of benzene rings is 2. The smallest absolute Gasteiger partial charge is 0.226 e. The maximum atomic E-state index is 12.1. The molecule has 126 valence electrons. The molecule has 2 N–H and O–H groups in total. The third kappa shape index (κ3) is 5.05. The number of anilines is 1. The molecule has 0 aromatic heterocycles. The number of para-hydroxylation sites is 1. The summed E-state index contributed by atoms with van der Waals surface area (Å²) in [5.41, 5.74) is 4.20. The molecule has 2 aromatic rings. The lowest BCUT2D eigenvalue weighted by Gasteiger charge is -2.15. The second kappa shape index (κ2) is 8.81. The van der Waals surface area contributed by atoms with Crippen LogP contribution < -0.4 is 10.6 Å². The van der Waals surface area contributed by atoms with E-state index in [-0.39, 0.29) is 5.91 Å². The van der Waals surface area contributed by atoms with E-state index in [0.717, 1.165) is 23.2 Å². The lowest BCUT2D eigenvalue weighted by atomic mass is 10.1. The van der Waals surface area contributed by atoms with Crippen molar-refractivity contribution >= 4 is 40.5 Å². The van der Waals surface area contributed by atoms with E-state index in [1.54, 1.807) is 0 Å². The van der Waals surface area contributed by atoms with Crippen molar-refractivity contribution in [1.82, 2.24) is 5.32 Å². The first-order valence-electron chi connectivity index (χ1n) is 7.94. The van der Waals surface area contributed by atoms with Crippen molar-refractivity contribution in [3.05, 3.63) is 64.2 Å². The molecule has 3 nitrogen and oxygen atoms in total. The van der Waals surface area contributed by atoms with Crippen molar-refractivity contribution in [2.24, 2.45) is 0 Å². The molecule has 0 heterocycles. The van der Waals surface area contributed by atoms with Crippen LogP contribution in [0.1, 0.15) is 30.0 Å². The molecule has 0 aliphatic heterocycles. The molecule has 0 aliphatic rings. The Hall–Kier alpha value is -1.91. The number of hydrogen-bond donors (Lipinski definition) is 2. The Morgan fingerprint density at radius 3 is 2.54 bits per heavy atom. The van der Waals surface area contributed by atoms with Crippen LogP contribution in [0.15, 0.2) is 42.5 Å². The van der Waals surface area contributed by atoms with Crippen molar-refractivity contribution in [2.75, 3.05) is 5.32 Å². The molecule has 0 unspecified atom stereocenters. The van der Waals surface area contributed by atoms with Gasteiger partial charge in [0.1, 0.15) is 0 Å². The predicted octanol–water partition coefficient (Wildman–Crippen LogP) is 4.66. The second-order valence-corrected chi connectivity index (χ2v) is 6.37. The van der Waals surface area contributed by atoms with Crippen molar-refractivity contribution in [3.8, 4) is 0 Å². The summed E-state index contributed by atoms with van der Waals surface area (Å²) in [6.45, 7) is 4.11. The minimum Gasteiger partial charge on any atom is -0.332 e. The molecule has 5 heteroatoms. The molecule has 1 amide bonds. The molecule has 0 fully saturated rings. The summed E-state index contributed by atoms with van der Waals surface area (Å²) in [5.74, 6) is -0.126. The average molecular weight is 361 g/mol. The highest BCUT2D eigenvalue weighted by molar-refractivity contribution is 7.80. The SMILES string of the molecule is CCc1cccc(C)c1NC(=S)NC(=O)CCc1ccccc1Cl. The molecular weight excluding hydrogens is 340 g/mol. The predicted molar refractivity (Wildman–Crippen MR) is 105 cm³/mol. The van der Waals surface area contributed by atoms with E-state index in [0.29, 0.717) is 23.0 Å². The highest BCUT2D eigenvalue weighted by Gasteiger charge is 2.10. The first kappa shape index (κ1) is 18.4. The lowest BCUT2D eigenvalue weighted by Crippen LogP contribution is -2.34. The average Bonchev–Trinajstić information content (AvgIpc) is 2.56. The van der Waals surface area contributed by atoms with Crippen molar-refractivity contribution in [1.29, 1.82) is 0 Å². The summed E-state index contributed by atoms with van der Waals surface area (Å²) in [7, 11) is 0. The summed E-state index contributed by atoms with van der Waals surface area (Å²) >= 11 is 11.4. The van der Waals surface area contributed by atoms with E-state index < -0.39 is 0 Å². The molecule has 0 radical (unpaired) electrons. The Kier molecular flexibility index (Phi) is 6.76. The van der Waals surface area contributed by atoms with Gasteiger partial charge in [-0.05, 0) is 54.7 Å². The third-order valence-electron chi connectivity index (χ3n) is 3.81. The fraction of sp³-hybridized carbons (Fsp3) is 0.263. The number of carbonyl (C=O) groups is 1. The Balaban J connectivity index is 1.91. The van der Waals surface area contributed by atoms with Gasteiger partial charge in [-0.2, -0.15) is 0 Å². The van der Waals surface area contributed by atoms with E-state index in [9.17, 15) is 4.79 Å². The summed E-state index contributed by atoms with van der Waals surface area (Å²) in [6.07, 6.45) is 1.81. The van der Waals surface area contributed by atoms with Crippen molar-refractivity contribution < 1.29 is 4.79 Å². The maximum absolute atomic E-state index is 12.1. The Morgan fingerprint density at radius 2 is 1.83 bits per heavy atom. The summed E-state index contributed by atoms with van der Waals surface area (Å²) < 4.78 is 0. The van der Waals surface area contributed by atoms with Gasteiger partial charge in [0.15, 0.2) is 5.11 Å². The standard InChI is InChI=1S/C19H21ClN2OS/c1-3-14-9-6-7-13(2)18(14)22-19(24)21-17(23)12-11-15-8-4-5-10-16(15)20/h4-10H,3,11-12H2,1-2H3,(H2,21,22,23,24). The molecule has 0 saturated heterocycles. The summed E-state index contributed by atoms with van der Waals surface area (Å²) in [4.78, 5) is 12.1. The first-order chi connectivity index (χ1) is 11.5. The first-order valence-corrected chi connectivity index (χ1v) is 8.72. The van der Waals surface area contributed by atoms with Crippen LogP contribution in [0.3, 0.4) is 0 Å². The van der Waals surface area contributed by atoms with Gasteiger partial charge in [0, 0.05) is 17.1 Å². The zero-order valence-electron chi connectivity index (χ0n) is 13.9. The number of nitrogens with one attached hydrogen (secondary N) is 2. The highest BCUT2D eigenvalue weighted by atomic mass is 35.5. The van der Waals surface area contributed by atoms with Gasteiger partial charge in [-0.1, -0.05) is 54.9 Å². The number of aryl methyl sites for hydroxylation is 3. The van der Waals surface area contributed by atoms with Crippen LogP contribution in [0.4, 0.5) is 5.69 Å². The van der Waals surface area contributed by atoms with Crippen LogP contribution in [-0.2, 0) is 17.6 Å². The van der Waals surface area contributed by atoms with Crippen LogP contribution >= 0.6 is 23.8 Å². The zero-order valence-corrected chi connectivity index (χ0v) is 15.4. The molecule has 0 bridgehead atoms. The number of halogens is 1. The van der Waals surface area contributed by atoms with Gasteiger partial charge in [-0.25, -0.2) is 0 Å². The topological polar surface area (TPSA) is 41.1 Å². The summed E-state index contributed by atoms with van der Waals surface area (Å²) in [6, 6.07) is 13.6. The van der Waals surface area contributed by atoms with Crippen LogP contribution in [0.2, 0.25) is 5.02 Å². The van der Waals surface area contributed by atoms with Gasteiger partial charge in [0.05, 0.1) is 0 Å².